The lowest BCUT2D eigenvalue weighted by molar-refractivity contribution is 0.168. The molecule has 0 aromatic carbocycles. The zero-order valence-electron chi connectivity index (χ0n) is 18.8. The van der Waals surface area contributed by atoms with Crippen molar-refractivity contribution in [1.29, 1.82) is 0 Å². The Labute approximate surface area is 193 Å². The molecule has 2 aliphatic rings. The Balaban J connectivity index is 1.18. The highest BCUT2D eigenvalue weighted by molar-refractivity contribution is 7.80. The second-order valence-corrected chi connectivity index (χ2v) is 9.28. The summed E-state index contributed by atoms with van der Waals surface area (Å²) < 4.78 is 7.36. The fraction of sp³-hybridized carbons (Fsp3) is 0.591. The fourth-order valence-electron chi connectivity index (χ4n) is 4.67. The van der Waals surface area contributed by atoms with E-state index in [4.69, 9.17) is 16.7 Å². The molecule has 4 heterocycles. The van der Waals surface area contributed by atoms with Gasteiger partial charge in [0, 0.05) is 43.6 Å². The number of thiocarbonyl (C=S) groups is 1. The summed E-state index contributed by atoms with van der Waals surface area (Å²) >= 11 is 5.67. The Hall–Kier alpha value is -2.59. The Kier molecular flexibility index (Phi) is 6.05. The number of rotatable bonds is 4. The molecular weight excluding hydrogens is 424 g/mol. The van der Waals surface area contributed by atoms with Crippen molar-refractivity contribution in [3.63, 3.8) is 0 Å². The van der Waals surface area contributed by atoms with Gasteiger partial charge in [0.15, 0.2) is 16.6 Å². The van der Waals surface area contributed by atoms with Gasteiger partial charge in [-0.3, -0.25) is 4.90 Å². The minimum absolute atomic E-state index is 0.462. The number of nitrogens with zero attached hydrogens (tertiary/aromatic N) is 7. The number of fused-ring (bicyclic) bond motifs is 1. The minimum atomic E-state index is 0.462. The summed E-state index contributed by atoms with van der Waals surface area (Å²) in [6.45, 7) is 8.32. The van der Waals surface area contributed by atoms with Crippen LogP contribution in [-0.2, 0) is 6.54 Å². The predicted octanol–water partition coefficient (Wildman–Crippen LogP) is 2.72. The quantitative estimate of drug-likeness (QED) is 0.598. The van der Waals surface area contributed by atoms with E-state index in [2.05, 4.69) is 35.3 Å². The van der Waals surface area contributed by atoms with Crippen LogP contribution in [0.2, 0.25) is 0 Å². The zero-order valence-corrected chi connectivity index (χ0v) is 19.6. The zero-order chi connectivity index (χ0) is 22.1. The van der Waals surface area contributed by atoms with Crippen LogP contribution >= 0.6 is 12.2 Å². The fourth-order valence-corrected chi connectivity index (χ4v) is 5.02. The molecule has 32 heavy (non-hydrogen) atoms. The lowest BCUT2D eigenvalue weighted by Crippen LogP contribution is -2.53. The van der Waals surface area contributed by atoms with E-state index in [-0.39, 0.29) is 0 Å². The maximum Gasteiger partial charge on any atom is 0.263 e. The molecule has 5 rings (SSSR count). The number of nitrogens with one attached hydrogen (secondary N) is 1. The second kappa shape index (κ2) is 9.11. The molecule has 10 heteroatoms. The first-order valence-electron chi connectivity index (χ1n) is 11.5. The van der Waals surface area contributed by atoms with Gasteiger partial charge in [0.1, 0.15) is 5.56 Å². The molecule has 170 valence electrons. The molecular formula is C22H30N8OS. The van der Waals surface area contributed by atoms with Crippen molar-refractivity contribution in [2.75, 3.05) is 26.2 Å². The molecule has 1 N–H and O–H groups in total. The van der Waals surface area contributed by atoms with Gasteiger partial charge in [0.2, 0.25) is 0 Å². The van der Waals surface area contributed by atoms with E-state index < -0.39 is 0 Å². The van der Waals surface area contributed by atoms with E-state index in [1.807, 2.05) is 19.9 Å². The molecule has 0 radical (unpaired) electrons. The van der Waals surface area contributed by atoms with Crippen molar-refractivity contribution < 1.29 is 4.52 Å². The summed E-state index contributed by atoms with van der Waals surface area (Å²) in [7, 11) is 0. The van der Waals surface area contributed by atoms with E-state index in [1.165, 1.54) is 32.1 Å². The maximum absolute atomic E-state index is 5.67. The maximum atomic E-state index is 5.67. The molecule has 0 unspecified atom stereocenters. The highest BCUT2D eigenvalue weighted by Gasteiger charge is 2.23. The summed E-state index contributed by atoms with van der Waals surface area (Å²) in [6, 6.07) is 2.55. The molecule has 1 aliphatic carbocycles. The monoisotopic (exact) mass is 454 g/mol. The molecule has 2 fully saturated rings. The van der Waals surface area contributed by atoms with Gasteiger partial charge in [-0.15, -0.1) is 0 Å². The van der Waals surface area contributed by atoms with Gasteiger partial charge < -0.3 is 14.7 Å². The predicted molar refractivity (Wildman–Crippen MR) is 125 cm³/mol. The van der Waals surface area contributed by atoms with E-state index in [9.17, 15) is 0 Å². The summed E-state index contributed by atoms with van der Waals surface area (Å²) in [5.74, 6) is 1.14. The van der Waals surface area contributed by atoms with Crippen LogP contribution in [0.4, 0.5) is 0 Å². The van der Waals surface area contributed by atoms with Crippen LogP contribution in [0, 0.1) is 13.8 Å². The second-order valence-electron chi connectivity index (χ2n) is 8.90. The van der Waals surface area contributed by atoms with Crippen LogP contribution in [0.15, 0.2) is 16.8 Å². The average molecular weight is 455 g/mol. The topological polar surface area (TPSA) is 87.6 Å². The summed E-state index contributed by atoms with van der Waals surface area (Å²) in [4.78, 5) is 13.9. The lowest BCUT2D eigenvalue weighted by atomic mass is 9.96. The Morgan fingerprint density at radius 1 is 1.12 bits per heavy atom. The number of piperazine rings is 1. The standard InChI is InChI=1S/C22H30N8OS/c1-15-12-16(2)30-20(24-15)18(13-23-30)21-26-19(27-31-21)14-28-8-10-29(11-9-28)22(32)25-17-6-4-3-5-7-17/h12-13,17H,3-11,14H2,1-2H3,(H,25,32). The largest absolute Gasteiger partial charge is 0.360 e. The highest BCUT2D eigenvalue weighted by Crippen LogP contribution is 2.23. The van der Waals surface area contributed by atoms with Crippen molar-refractivity contribution in [2.24, 2.45) is 0 Å². The lowest BCUT2D eigenvalue weighted by Gasteiger charge is -2.37. The molecule has 0 amide bonds. The van der Waals surface area contributed by atoms with Crippen LogP contribution in [-0.4, -0.2) is 71.9 Å². The van der Waals surface area contributed by atoms with Gasteiger partial charge in [-0.2, -0.15) is 10.1 Å². The molecule has 1 saturated heterocycles. The van der Waals surface area contributed by atoms with Gasteiger partial charge in [-0.1, -0.05) is 24.4 Å². The average Bonchev–Trinajstić information content (AvgIpc) is 3.42. The third-order valence-corrected chi connectivity index (χ3v) is 6.81. The molecule has 0 bridgehead atoms. The number of aromatic nitrogens is 5. The Morgan fingerprint density at radius 3 is 2.69 bits per heavy atom. The Bertz CT molecular complexity index is 1090. The normalized spacial score (nSPS) is 18.4. The third-order valence-electron chi connectivity index (χ3n) is 6.43. The van der Waals surface area contributed by atoms with Gasteiger partial charge in [-0.05, 0) is 45.0 Å². The molecule has 0 atom stereocenters. The number of hydrogen-bond acceptors (Lipinski definition) is 7. The van der Waals surface area contributed by atoms with Crippen LogP contribution in [0.3, 0.4) is 0 Å². The minimum Gasteiger partial charge on any atom is -0.360 e. The van der Waals surface area contributed by atoms with Crippen molar-refractivity contribution in [3.05, 3.63) is 29.5 Å². The van der Waals surface area contributed by atoms with Crippen molar-refractivity contribution in [3.8, 4) is 11.5 Å². The van der Waals surface area contributed by atoms with E-state index in [0.29, 0.717) is 24.3 Å². The first-order chi connectivity index (χ1) is 15.6. The molecule has 0 spiro atoms. The molecule has 3 aromatic heterocycles. The smallest absolute Gasteiger partial charge is 0.263 e. The summed E-state index contributed by atoms with van der Waals surface area (Å²) in [6.07, 6.45) is 8.19. The summed E-state index contributed by atoms with van der Waals surface area (Å²) in [5.41, 5.74) is 3.46. The SMILES string of the molecule is Cc1cc(C)n2ncc(-c3nc(CN4CCN(C(=S)NC5CCCCC5)CC4)no3)c2n1. The number of hydrogen-bond donors (Lipinski definition) is 1. The van der Waals surface area contributed by atoms with Gasteiger partial charge in [-0.25, -0.2) is 9.50 Å². The molecule has 1 aliphatic heterocycles. The van der Waals surface area contributed by atoms with Crippen molar-refractivity contribution in [1.82, 2.24) is 39.9 Å². The highest BCUT2D eigenvalue weighted by atomic mass is 32.1. The van der Waals surface area contributed by atoms with Gasteiger partial charge in [0.05, 0.1) is 12.7 Å². The van der Waals surface area contributed by atoms with Crippen LogP contribution in [0.25, 0.3) is 17.1 Å². The van der Waals surface area contributed by atoms with E-state index in [1.54, 1.807) is 10.7 Å². The van der Waals surface area contributed by atoms with Crippen LogP contribution in [0.1, 0.15) is 49.3 Å². The van der Waals surface area contributed by atoms with E-state index >= 15 is 0 Å². The first-order valence-corrected chi connectivity index (χ1v) is 11.9. The molecule has 9 nitrogen and oxygen atoms in total. The third kappa shape index (κ3) is 4.47. The Morgan fingerprint density at radius 2 is 1.91 bits per heavy atom. The van der Waals surface area contributed by atoms with Crippen LogP contribution in [0.5, 0.6) is 0 Å². The number of aryl methyl sites for hydroxylation is 2. The van der Waals surface area contributed by atoms with E-state index in [0.717, 1.165) is 53.9 Å². The molecule has 1 saturated carbocycles. The molecule has 3 aromatic rings. The van der Waals surface area contributed by atoms with Crippen molar-refractivity contribution >= 4 is 23.0 Å². The van der Waals surface area contributed by atoms with Crippen molar-refractivity contribution in [2.45, 2.75) is 58.5 Å². The first kappa shape index (κ1) is 21.3. The summed E-state index contributed by atoms with van der Waals surface area (Å²) in [5, 5.41) is 13.1. The van der Waals surface area contributed by atoms with Crippen LogP contribution < -0.4 is 5.32 Å². The van der Waals surface area contributed by atoms with Gasteiger partial charge in [0.25, 0.3) is 5.89 Å². The van der Waals surface area contributed by atoms with Gasteiger partial charge >= 0.3 is 0 Å².